The number of halogens is 1. The van der Waals surface area contributed by atoms with E-state index in [-0.39, 0.29) is 31.5 Å². The van der Waals surface area contributed by atoms with Crippen LogP contribution in [0.4, 0.5) is 10.5 Å². The SMILES string of the molecule is CCOC(=O)NC1CC(C(=O)Nc2ccc(Cl)cc2)CN(C(=O)c2cccc(-c3ccco3)c2)C1. The number of piperidine rings is 1. The Morgan fingerprint density at radius 1 is 1.09 bits per heavy atom. The molecule has 0 bridgehead atoms. The number of ether oxygens (including phenoxy) is 1. The van der Waals surface area contributed by atoms with E-state index >= 15 is 0 Å². The zero-order valence-corrected chi connectivity index (χ0v) is 20.0. The Bertz CT molecular complexity index is 1180. The van der Waals surface area contributed by atoms with Crippen molar-refractivity contribution in [2.24, 2.45) is 5.92 Å². The van der Waals surface area contributed by atoms with E-state index in [1.54, 1.807) is 66.6 Å². The van der Waals surface area contributed by atoms with Crippen molar-refractivity contribution >= 4 is 35.2 Å². The molecule has 3 aromatic rings. The average Bonchev–Trinajstić information content (AvgIpc) is 3.40. The van der Waals surface area contributed by atoms with E-state index in [0.717, 1.165) is 5.56 Å². The monoisotopic (exact) mass is 495 g/mol. The fourth-order valence-corrected chi connectivity index (χ4v) is 4.23. The van der Waals surface area contributed by atoms with Crippen LogP contribution < -0.4 is 10.6 Å². The molecule has 8 nitrogen and oxygen atoms in total. The normalized spacial score (nSPS) is 17.5. The van der Waals surface area contributed by atoms with Crippen molar-refractivity contribution in [2.45, 2.75) is 19.4 Å². The van der Waals surface area contributed by atoms with Gasteiger partial charge in [-0.15, -0.1) is 0 Å². The highest BCUT2D eigenvalue weighted by atomic mass is 35.5. The second-order valence-corrected chi connectivity index (χ2v) is 8.70. The van der Waals surface area contributed by atoms with E-state index in [9.17, 15) is 14.4 Å². The van der Waals surface area contributed by atoms with Crippen molar-refractivity contribution in [2.75, 3.05) is 25.0 Å². The van der Waals surface area contributed by atoms with Crippen molar-refractivity contribution < 1.29 is 23.5 Å². The van der Waals surface area contributed by atoms with Gasteiger partial charge in [0.25, 0.3) is 5.91 Å². The van der Waals surface area contributed by atoms with Gasteiger partial charge >= 0.3 is 6.09 Å². The molecule has 3 amide bonds. The third-order valence-corrected chi connectivity index (χ3v) is 5.98. The highest BCUT2D eigenvalue weighted by Crippen LogP contribution is 2.25. The van der Waals surface area contributed by atoms with Crippen LogP contribution in [0.25, 0.3) is 11.3 Å². The van der Waals surface area contributed by atoms with Crippen LogP contribution in [0.1, 0.15) is 23.7 Å². The summed E-state index contributed by atoms with van der Waals surface area (Å²) in [6, 6.07) is 17.1. The van der Waals surface area contributed by atoms with Gasteiger partial charge in [0.05, 0.1) is 24.8 Å². The van der Waals surface area contributed by atoms with Crippen molar-refractivity contribution in [3.63, 3.8) is 0 Å². The van der Waals surface area contributed by atoms with Gasteiger partial charge < -0.3 is 24.7 Å². The van der Waals surface area contributed by atoms with Crippen LogP contribution >= 0.6 is 11.6 Å². The minimum Gasteiger partial charge on any atom is -0.464 e. The average molecular weight is 496 g/mol. The predicted octanol–water partition coefficient (Wildman–Crippen LogP) is 4.82. The third-order valence-electron chi connectivity index (χ3n) is 5.73. The number of hydrogen-bond acceptors (Lipinski definition) is 5. The molecule has 0 radical (unpaired) electrons. The van der Waals surface area contributed by atoms with Gasteiger partial charge in [0.15, 0.2) is 0 Å². The lowest BCUT2D eigenvalue weighted by atomic mass is 9.92. The van der Waals surface area contributed by atoms with Crippen molar-refractivity contribution in [3.8, 4) is 11.3 Å². The second kappa shape index (κ2) is 11.1. The molecule has 35 heavy (non-hydrogen) atoms. The molecule has 1 fully saturated rings. The van der Waals surface area contributed by atoms with Crippen molar-refractivity contribution in [1.82, 2.24) is 10.2 Å². The van der Waals surface area contributed by atoms with Crippen LogP contribution in [0, 0.1) is 5.92 Å². The number of amides is 3. The second-order valence-electron chi connectivity index (χ2n) is 8.26. The van der Waals surface area contributed by atoms with E-state index in [0.29, 0.717) is 28.5 Å². The molecular weight excluding hydrogens is 470 g/mol. The minimum absolute atomic E-state index is 0.213. The molecule has 2 heterocycles. The van der Waals surface area contributed by atoms with Gasteiger partial charge in [0.1, 0.15) is 5.76 Å². The summed E-state index contributed by atoms with van der Waals surface area (Å²) >= 11 is 5.93. The fourth-order valence-electron chi connectivity index (χ4n) is 4.11. The molecule has 4 rings (SSSR count). The lowest BCUT2D eigenvalue weighted by Crippen LogP contribution is -2.54. The first-order valence-corrected chi connectivity index (χ1v) is 11.7. The van der Waals surface area contributed by atoms with Crippen LogP contribution in [0.2, 0.25) is 5.02 Å². The summed E-state index contributed by atoms with van der Waals surface area (Å²) < 4.78 is 10.5. The first-order chi connectivity index (χ1) is 16.9. The van der Waals surface area contributed by atoms with Crippen molar-refractivity contribution in [1.29, 1.82) is 0 Å². The zero-order valence-electron chi connectivity index (χ0n) is 19.2. The van der Waals surface area contributed by atoms with Crippen LogP contribution in [-0.2, 0) is 9.53 Å². The Kier molecular flexibility index (Phi) is 7.72. The predicted molar refractivity (Wildman–Crippen MR) is 132 cm³/mol. The zero-order chi connectivity index (χ0) is 24.8. The van der Waals surface area contributed by atoms with Gasteiger partial charge in [-0.05, 0) is 61.9 Å². The molecule has 1 aromatic heterocycles. The number of carbonyl (C=O) groups is 3. The highest BCUT2D eigenvalue weighted by Gasteiger charge is 2.35. The maximum absolute atomic E-state index is 13.4. The van der Waals surface area contributed by atoms with E-state index in [4.69, 9.17) is 20.8 Å². The van der Waals surface area contributed by atoms with Crippen LogP contribution in [0.5, 0.6) is 0 Å². The molecule has 1 aliphatic rings. The summed E-state index contributed by atoms with van der Waals surface area (Å²) in [6.07, 6.45) is 1.36. The van der Waals surface area contributed by atoms with E-state index in [1.807, 2.05) is 12.1 Å². The van der Waals surface area contributed by atoms with Gasteiger partial charge in [-0.2, -0.15) is 0 Å². The number of nitrogens with one attached hydrogen (secondary N) is 2. The molecule has 2 unspecified atom stereocenters. The maximum Gasteiger partial charge on any atom is 0.407 e. The summed E-state index contributed by atoms with van der Waals surface area (Å²) in [6.45, 7) is 2.41. The smallest absolute Gasteiger partial charge is 0.407 e. The van der Waals surface area contributed by atoms with Crippen LogP contribution in [0.3, 0.4) is 0 Å². The topological polar surface area (TPSA) is 101 Å². The lowest BCUT2D eigenvalue weighted by molar-refractivity contribution is -0.121. The quantitative estimate of drug-likeness (QED) is 0.510. The van der Waals surface area contributed by atoms with Crippen LogP contribution in [-0.4, -0.2) is 48.5 Å². The van der Waals surface area contributed by atoms with Crippen LogP contribution in [0.15, 0.2) is 71.3 Å². The Balaban J connectivity index is 1.53. The molecule has 1 aliphatic heterocycles. The fraction of sp³-hybridized carbons (Fsp3) is 0.269. The van der Waals surface area contributed by atoms with Crippen molar-refractivity contribution in [3.05, 3.63) is 77.5 Å². The molecule has 2 atom stereocenters. The molecule has 2 aromatic carbocycles. The molecule has 9 heteroatoms. The summed E-state index contributed by atoms with van der Waals surface area (Å²) in [5.41, 5.74) is 1.84. The minimum atomic E-state index is -0.580. The van der Waals surface area contributed by atoms with E-state index in [2.05, 4.69) is 10.6 Å². The first kappa shape index (κ1) is 24.3. The molecular formula is C26H26ClN3O5. The number of alkyl carbamates (subject to hydrolysis) is 1. The number of furan rings is 1. The van der Waals surface area contributed by atoms with Gasteiger partial charge in [-0.25, -0.2) is 4.79 Å². The standard InChI is InChI=1S/C26H26ClN3O5/c1-2-34-26(33)29-22-14-19(24(31)28-21-10-8-20(27)9-11-21)15-30(16-22)25(32)18-6-3-5-17(13-18)23-7-4-12-35-23/h3-13,19,22H,2,14-16H2,1H3,(H,28,31)(H,29,33). The number of likely N-dealkylation sites (tertiary alicyclic amines) is 1. The number of rotatable bonds is 6. The number of hydrogen-bond donors (Lipinski definition) is 2. The Morgan fingerprint density at radius 3 is 2.60 bits per heavy atom. The Hall–Kier alpha value is -3.78. The Morgan fingerprint density at radius 2 is 1.89 bits per heavy atom. The van der Waals surface area contributed by atoms with Gasteiger partial charge in [-0.1, -0.05) is 23.7 Å². The lowest BCUT2D eigenvalue weighted by Gasteiger charge is -2.37. The van der Waals surface area contributed by atoms with E-state index in [1.165, 1.54) is 0 Å². The maximum atomic E-state index is 13.4. The molecule has 0 spiro atoms. The molecule has 1 saturated heterocycles. The number of carbonyl (C=O) groups excluding carboxylic acids is 3. The molecule has 0 aliphatic carbocycles. The largest absolute Gasteiger partial charge is 0.464 e. The number of anilines is 1. The van der Waals surface area contributed by atoms with E-state index < -0.39 is 18.1 Å². The number of benzene rings is 2. The van der Waals surface area contributed by atoms with Gasteiger partial charge in [0.2, 0.25) is 5.91 Å². The summed E-state index contributed by atoms with van der Waals surface area (Å²) in [5.74, 6) is -0.369. The highest BCUT2D eigenvalue weighted by molar-refractivity contribution is 6.30. The summed E-state index contributed by atoms with van der Waals surface area (Å²) in [5, 5.41) is 6.21. The Labute approximate surface area is 208 Å². The number of nitrogens with zero attached hydrogens (tertiary/aromatic N) is 1. The third kappa shape index (κ3) is 6.22. The molecule has 2 N–H and O–H groups in total. The molecule has 182 valence electrons. The molecule has 0 saturated carbocycles. The van der Waals surface area contributed by atoms with Gasteiger partial charge in [-0.3, -0.25) is 9.59 Å². The first-order valence-electron chi connectivity index (χ1n) is 11.4. The summed E-state index contributed by atoms with van der Waals surface area (Å²) in [4.78, 5) is 40.2. The summed E-state index contributed by atoms with van der Waals surface area (Å²) in [7, 11) is 0. The van der Waals surface area contributed by atoms with Gasteiger partial charge in [0, 0.05) is 34.9 Å².